The van der Waals surface area contributed by atoms with E-state index in [1.165, 1.54) is 32.7 Å². The van der Waals surface area contributed by atoms with E-state index >= 15 is 0 Å². The van der Waals surface area contributed by atoms with Crippen molar-refractivity contribution in [2.45, 2.75) is 12.3 Å². The molecule has 4 nitrogen and oxygen atoms in total. The number of hydrogen-bond donors (Lipinski definition) is 2. The van der Waals surface area contributed by atoms with E-state index in [4.69, 9.17) is 9.98 Å². The van der Waals surface area contributed by atoms with Crippen molar-refractivity contribution in [3.8, 4) is 44.6 Å². The number of aliphatic imine (C=N–C) groups is 1. The van der Waals surface area contributed by atoms with E-state index < -0.39 is 0 Å². The second kappa shape index (κ2) is 15.3. The number of nitrogens with zero attached hydrogens (tertiary/aromatic N) is 2. The quantitative estimate of drug-likeness (QED) is 0.159. The van der Waals surface area contributed by atoms with Crippen LogP contribution in [-0.2, 0) is 0 Å². The van der Waals surface area contributed by atoms with Gasteiger partial charge in [0, 0.05) is 21.9 Å². The average molecular weight is 769 g/mol. The molecule has 2 unspecified atom stereocenters. The molecule has 0 spiro atoms. The number of nitrogens with one attached hydrogen (secondary N) is 2. The molecule has 0 aliphatic carbocycles. The molecule has 0 saturated heterocycles. The van der Waals surface area contributed by atoms with Gasteiger partial charge in [0.15, 0.2) is 0 Å². The van der Waals surface area contributed by atoms with E-state index in [1.54, 1.807) is 0 Å². The molecule has 0 amide bonds. The van der Waals surface area contributed by atoms with Crippen LogP contribution in [0.2, 0.25) is 0 Å². The molecule has 11 rings (SSSR count). The molecule has 9 aromatic carbocycles. The van der Waals surface area contributed by atoms with Gasteiger partial charge in [-0.2, -0.15) is 0 Å². The van der Waals surface area contributed by atoms with Crippen LogP contribution in [0.3, 0.4) is 0 Å². The van der Waals surface area contributed by atoms with Crippen LogP contribution < -0.4 is 10.6 Å². The predicted molar refractivity (Wildman–Crippen MR) is 250 cm³/mol. The first-order valence-electron chi connectivity index (χ1n) is 20.5. The van der Waals surface area contributed by atoms with E-state index in [0.29, 0.717) is 0 Å². The zero-order valence-corrected chi connectivity index (χ0v) is 32.8. The van der Waals surface area contributed by atoms with Crippen molar-refractivity contribution in [3.05, 3.63) is 235 Å². The molecule has 60 heavy (non-hydrogen) atoms. The van der Waals surface area contributed by atoms with Gasteiger partial charge in [-0.15, -0.1) is 0 Å². The van der Waals surface area contributed by atoms with Gasteiger partial charge in [0.2, 0.25) is 0 Å². The van der Waals surface area contributed by atoms with Crippen molar-refractivity contribution in [1.82, 2.24) is 15.6 Å². The lowest BCUT2D eigenvalue weighted by Crippen LogP contribution is -2.44. The molecule has 4 heteroatoms. The van der Waals surface area contributed by atoms with Gasteiger partial charge in [0.25, 0.3) is 0 Å². The van der Waals surface area contributed by atoms with Gasteiger partial charge in [0.1, 0.15) is 18.2 Å². The summed E-state index contributed by atoms with van der Waals surface area (Å²) >= 11 is 0. The summed E-state index contributed by atoms with van der Waals surface area (Å²) in [7, 11) is 0. The van der Waals surface area contributed by atoms with Gasteiger partial charge >= 0.3 is 0 Å². The highest BCUT2D eigenvalue weighted by Gasteiger charge is 2.26. The van der Waals surface area contributed by atoms with Crippen molar-refractivity contribution >= 4 is 38.3 Å². The Morgan fingerprint density at radius 1 is 0.367 bits per heavy atom. The maximum atomic E-state index is 5.34. The third kappa shape index (κ3) is 6.69. The van der Waals surface area contributed by atoms with Gasteiger partial charge in [0.05, 0.1) is 11.2 Å². The van der Waals surface area contributed by atoms with Crippen molar-refractivity contribution in [2.24, 2.45) is 4.99 Å². The highest BCUT2D eigenvalue weighted by atomic mass is 15.3. The number of pyridine rings is 1. The molecular formula is C56H40N4. The Morgan fingerprint density at radius 3 is 1.67 bits per heavy atom. The largest absolute Gasteiger partial charge is 0.350 e. The number of rotatable bonds is 7. The molecule has 0 fully saturated rings. The zero-order valence-electron chi connectivity index (χ0n) is 32.8. The molecule has 1 aliphatic heterocycles. The molecule has 10 aromatic rings. The summed E-state index contributed by atoms with van der Waals surface area (Å²) in [6, 6.07) is 77.9. The van der Waals surface area contributed by atoms with Gasteiger partial charge in [-0.1, -0.05) is 194 Å². The smallest absolute Gasteiger partial charge is 0.131 e. The third-order valence-corrected chi connectivity index (χ3v) is 11.7. The highest BCUT2D eigenvalue weighted by Crippen LogP contribution is 2.37. The lowest BCUT2D eigenvalue weighted by Gasteiger charge is -2.32. The van der Waals surface area contributed by atoms with Crippen molar-refractivity contribution in [1.29, 1.82) is 0 Å². The Hall–Kier alpha value is -7.66. The number of fused-ring (bicyclic) bond motifs is 4. The number of aromatic nitrogens is 1. The van der Waals surface area contributed by atoms with Crippen LogP contribution in [0.15, 0.2) is 223 Å². The first kappa shape index (κ1) is 35.5. The molecule has 284 valence electrons. The molecule has 0 radical (unpaired) electrons. The monoisotopic (exact) mass is 768 g/mol. The molecule has 0 saturated carbocycles. The minimum absolute atomic E-state index is 0.139. The van der Waals surface area contributed by atoms with E-state index in [1.807, 2.05) is 6.07 Å². The molecule has 2 atom stereocenters. The van der Waals surface area contributed by atoms with Crippen molar-refractivity contribution in [2.75, 3.05) is 0 Å². The lowest BCUT2D eigenvalue weighted by molar-refractivity contribution is 0.409. The van der Waals surface area contributed by atoms with Crippen molar-refractivity contribution in [3.63, 3.8) is 0 Å². The van der Waals surface area contributed by atoms with Crippen LogP contribution >= 0.6 is 0 Å². The molecule has 1 aliphatic rings. The van der Waals surface area contributed by atoms with Crippen LogP contribution in [0.5, 0.6) is 0 Å². The van der Waals surface area contributed by atoms with Gasteiger partial charge in [-0.25, -0.2) is 9.98 Å². The average Bonchev–Trinajstić information content (AvgIpc) is 3.34. The van der Waals surface area contributed by atoms with E-state index in [2.05, 4.69) is 223 Å². The molecule has 2 heterocycles. The maximum absolute atomic E-state index is 5.34. The highest BCUT2D eigenvalue weighted by molar-refractivity contribution is 6.11. The van der Waals surface area contributed by atoms with Crippen LogP contribution in [-0.4, -0.2) is 10.8 Å². The van der Waals surface area contributed by atoms with E-state index in [0.717, 1.165) is 66.9 Å². The molecular weight excluding hydrogens is 729 g/mol. The number of amidine groups is 1. The summed E-state index contributed by atoms with van der Waals surface area (Å²) < 4.78 is 0. The summed E-state index contributed by atoms with van der Waals surface area (Å²) in [6.07, 6.45) is -0.452. The number of hydrogen-bond acceptors (Lipinski definition) is 4. The fourth-order valence-electron chi connectivity index (χ4n) is 8.70. The Kier molecular flexibility index (Phi) is 9.03. The fraction of sp³-hybridized carbons (Fsp3) is 0.0357. The maximum Gasteiger partial charge on any atom is 0.131 e. The zero-order chi connectivity index (χ0) is 39.8. The number of benzene rings is 9. The van der Waals surface area contributed by atoms with Gasteiger partial charge in [-0.3, -0.25) is 5.32 Å². The van der Waals surface area contributed by atoms with Crippen LogP contribution in [0, 0.1) is 0 Å². The lowest BCUT2D eigenvalue weighted by atomic mass is 9.92. The second-order valence-electron chi connectivity index (χ2n) is 15.4. The van der Waals surface area contributed by atoms with Gasteiger partial charge in [-0.05, 0) is 84.9 Å². The van der Waals surface area contributed by atoms with Crippen LogP contribution in [0.4, 0.5) is 0 Å². The summed E-state index contributed by atoms with van der Waals surface area (Å²) in [4.78, 5) is 10.5. The fourth-order valence-corrected chi connectivity index (χ4v) is 8.70. The molecule has 0 bridgehead atoms. The minimum Gasteiger partial charge on any atom is -0.350 e. The number of para-hydroxylation sites is 1. The van der Waals surface area contributed by atoms with E-state index in [-0.39, 0.29) is 12.3 Å². The van der Waals surface area contributed by atoms with E-state index in [9.17, 15) is 0 Å². The Labute approximate surface area is 349 Å². The summed E-state index contributed by atoms with van der Waals surface area (Å²) in [5.41, 5.74) is 13.3. The third-order valence-electron chi connectivity index (χ3n) is 11.7. The SMILES string of the molecule is c1ccc(C2=NC(c3cc(-c4ccc(-c5cccc6ccccc56)cc4)cc(-c4ccc(-c5nc6ccccc6c6ccccc56)cc4)c3)NC(c3ccccc3)N2)cc1. The Bertz CT molecular complexity index is 3190. The van der Waals surface area contributed by atoms with Gasteiger partial charge < -0.3 is 5.32 Å². The van der Waals surface area contributed by atoms with Crippen LogP contribution in [0.1, 0.15) is 29.0 Å². The standard InChI is InChI=1S/C56H40N4/c1-3-15-42(16-4-1)54-58-55(43-17-5-2-6-18-43)60-56(59-54)46-35-44(37-26-30-40(31-27-37)48-24-13-19-39-14-7-8-20-47(39)48)34-45(36-46)38-28-32-41(33-29-38)53-51-23-10-9-21-49(51)50-22-11-12-25-52(50)57-53/h1-36,54,56,59H,(H,58,60). The molecule has 1 aromatic heterocycles. The summed E-state index contributed by atoms with van der Waals surface area (Å²) in [5.74, 6) is 0.860. The Balaban J connectivity index is 1.03. The topological polar surface area (TPSA) is 49.3 Å². The first-order valence-corrected chi connectivity index (χ1v) is 20.5. The predicted octanol–water partition coefficient (Wildman–Crippen LogP) is 13.5. The molecule has 2 N–H and O–H groups in total. The van der Waals surface area contributed by atoms with Crippen LogP contribution in [0.25, 0.3) is 77.1 Å². The van der Waals surface area contributed by atoms with Crippen molar-refractivity contribution < 1.29 is 0 Å². The normalized spacial score (nSPS) is 15.2. The summed E-state index contributed by atoms with van der Waals surface area (Å²) in [6.45, 7) is 0. The second-order valence-corrected chi connectivity index (χ2v) is 15.4. The minimum atomic E-state index is -0.312. The first-order chi connectivity index (χ1) is 29.7. The summed E-state index contributed by atoms with van der Waals surface area (Å²) in [5, 5.41) is 13.6. The Morgan fingerprint density at radius 2 is 0.933 bits per heavy atom.